The van der Waals surface area contributed by atoms with Crippen molar-refractivity contribution < 1.29 is 13.2 Å². The lowest BCUT2D eigenvalue weighted by atomic mass is 10.4. The van der Waals surface area contributed by atoms with E-state index in [1.807, 2.05) is 0 Å². The van der Waals surface area contributed by atoms with Crippen molar-refractivity contribution in [2.24, 2.45) is 5.73 Å². The molecule has 0 heterocycles. The highest BCUT2D eigenvalue weighted by Gasteiger charge is 2.22. The van der Waals surface area contributed by atoms with E-state index in [0.717, 1.165) is 0 Å². The van der Waals surface area contributed by atoms with Crippen molar-refractivity contribution in [3.8, 4) is 0 Å². The minimum atomic E-state index is -3.73. The van der Waals surface area contributed by atoms with E-state index in [1.165, 1.54) is 23.1 Å². The molecule has 20 heavy (non-hydrogen) atoms. The molecular formula is C12H16Cl2N2O3S. The van der Waals surface area contributed by atoms with E-state index in [0.29, 0.717) is 19.5 Å². The van der Waals surface area contributed by atoms with Crippen molar-refractivity contribution in [1.82, 2.24) is 4.90 Å². The SMILES string of the molecule is CN(CCCN)C(=O)CS(=O)(=O)c1ccc(Cl)c(Cl)c1. The molecule has 0 aliphatic carbocycles. The molecule has 0 atom stereocenters. The molecule has 0 aliphatic rings. The summed E-state index contributed by atoms with van der Waals surface area (Å²) < 4.78 is 24.2. The van der Waals surface area contributed by atoms with Gasteiger partial charge < -0.3 is 10.6 Å². The lowest BCUT2D eigenvalue weighted by Crippen LogP contribution is -2.34. The molecule has 112 valence electrons. The Morgan fingerprint density at radius 3 is 2.50 bits per heavy atom. The van der Waals surface area contributed by atoms with Gasteiger partial charge in [0.25, 0.3) is 0 Å². The highest BCUT2D eigenvalue weighted by atomic mass is 35.5. The van der Waals surface area contributed by atoms with Crippen molar-refractivity contribution in [1.29, 1.82) is 0 Å². The van der Waals surface area contributed by atoms with Crippen LogP contribution in [0.3, 0.4) is 0 Å². The minimum Gasteiger partial charge on any atom is -0.345 e. The second-order valence-corrected chi connectivity index (χ2v) is 7.10. The summed E-state index contributed by atoms with van der Waals surface area (Å²) in [5, 5.41) is 0.397. The average Bonchev–Trinajstić information content (AvgIpc) is 2.38. The first-order valence-corrected chi connectivity index (χ1v) is 8.30. The molecule has 1 aromatic carbocycles. The topological polar surface area (TPSA) is 80.5 Å². The Morgan fingerprint density at radius 2 is 1.95 bits per heavy atom. The molecule has 0 aromatic heterocycles. The van der Waals surface area contributed by atoms with Crippen LogP contribution in [-0.4, -0.2) is 45.1 Å². The first-order valence-electron chi connectivity index (χ1n) is 5.90. The van der Waals surface area contributed by atoms with Gasteiger partial charge in [-0.1, -0.05) is 23.2 Å². The van der Waals surface area contributed by atoms with Gasteiger partial charge in [0.15, 0.2) is 9.84 Å². The summed E-state index contributed by atoms with van der Waals surface area (Å²) in [7, 11) is -2.19. The number of nitrogens with two attached hydrogens (primary N) is 1. The number of carbonyl (C=O) groups is 1. The number of nitrogens with zero attached hydrogens (tertiary/aromatic N) is 1. The van der Waals surface area contributed by atoms with Crippen molar-refractivity contribution >= 4 is 38.9 Å². The van der Waals surface area contributed by atoms with Gasteiger partial charge >= 0.3 is 0 Å². The smallest absolute Gasteiger partial charge is 0.237 e. The van der Waals surface area contributed by atoms with Gasteiger partial charge in [0.05, 0.1) is 14.9 Å². The van der Waals surface area contributed by atoms with Crippen LogP contribution in [0.15, 0.2) is 23.1 Å². The molecule has 1 amide bonds. The summed E-state index contributed by atoms with van der Waals surface area (Å²) in [5.74, 6) is -1.09. The number of halogens is 2. The van der Waals surface area contributed by atoms with Crippen LogP contribution in [0.25, 0.3) is 0 Å². The lowest BCUT2D eigenvalue weighted by Gasteiger charge is -2.16. The molecule has 0 saturated heterocycles. The Labute approximate surface area is 128 Å². The van der Waals surface area contributed by atoms with Crippen LogP contribution >= 0.6 is 23.2 Å². The summed E-state index contributed by atoms with van der Waals surface area (Å²) >= 11 is 11.5. The highest BCUT2D eigenvalue weighted by Crippen LogP contribution is 2.25. The fourth-order valence-corrected chi connectivity index (χ4v) is 3.13. The van der Waals surface area contributed by atoms with Crippen LogP contribution in [0, 0.1) is 0 Å². The second-order valence-electron chi connectivity index (χ2n) is 4.29. The summed E-state index contributed by atoms with van der Waals surface area (Å²) in [6.45, 7) is 0.864. The maximum atomic E-state index is 12.1. The fourth-order valence-electron chi connectivity index (χ4n) is 1.48. The number of hydrogen-bond donors (Lipinski definition) is 1. The van der Waals surface area contributed by atoms with Gasteiger partial charge in [-0.3, -0.25) is 4.79 Å². The molecule has 5 nitrogen and oxygen atoms in total. The normalized spacial score (nSPS) is 11.4. The summed E-state index contributed by atoms with van der Waals surface area (Å²) in [4.78, 5) is 13.2. The number of benzene rings is 1. The molecule has 8 heteroatoms. The molecule has 0 radical (unpaired) electrons. The molecular weight excluding hydrogens is 323 g/mol. The minimum absolute atomic E-state index is 0.0209. The van der Waals surface area contributed by atoms with Crippen molar-refractivity contribution in [3.63, 3.8) is 0 Å². The number of hydrogen-bond acceptors (Lipinski definition) is 4. The summed E-state index contributed by atoms with van der Waals surface area (Å²) in [6, 6.07) is 3.96. The van der Waals surface area contributed by atoms with E-state index in [4.69, 9.17) is 28.9 Å². The van der Waals surface area contributed by atoms with E-state index in [2.05, 4.69) is 0 Å². The van der Waals surface area contributed by atoms with E-state index in [9.17, 15) is 13.2 Å². The van der Waals surface area contributed by atoms with E-state index >= 15 is 0 Å². The van der Waals surface area contributed by atoms with Gasteiger partial charge in [0.2, 0.25) is 5.91 Å². The number of rotatable bonds is 6. The first-order chi connectivity index (χ1) is 9.27. The van der Waals surface area contributed by atoms with Crippen molar-refractivity contribution in [3.05, 3.63) is 28.2 Å². The number of amides is 1. The van der Waals surface area contributed by atoms with Gasteiger partial charge in [-0.05, 0) is 31.2 Å². The monoisotopic (exact) mass is 338 g/mol. The molecule has 2 N–H and O–H groups in total. The Hall–Kier alpha value is -0.820. The van der Waals surface area contributed by atoms with Crippen LogP contribution in [0.4, 0.5) is 0 Å². The zero-order valence-corrected chi connectivity index (χ0v) is 13.3. The molecule has 0 fully saturated rings. The summed E-state index contributed by atoms with van der Waals surface area (Å²) in [5.41, 5.74) is 5.34. The summed E-state index contributed by atoms with van der Waals surface area (Å²) in [6.07, 6.45) is 0.620. The van der Waals surface area contributed by atoms with E-state index in [1.54, 1.807) is 7.05 Å². The van der Waals surface area contributed by atoms with Crippen LogP contribution in [0.5, 0.6) is 0 Å². The molecule has 1 rings (SSSR count). The van der Waals surface area contributed by atoms with Crippen LogP contribution < -0.4 is 5.73 Å². The molecule has 0 saturated carbocycles. The number of carbonyl (C=O) groups excluding carboxylic acids is 1. The van der Waals surface area contributed by atoms with Gasteiger partial charge in [0.1, 0.15) is 5.75 Å². The average molecular weight is 339 g/mol. The molecule has 0 aliphatic heterocycles. The second kappa shape index (κ2) is 7.26. The van der Waals surface area contributed by atoms with Gasteiger partial charge in [-0.25, -0.2) is 8.42 Å². The standard InChI is InChI=1S/C12H16Cl2N2O3S/c1-16(6-2-5-15)12(17)8-20(18,19)9-3-4-10(13)11(14)7-9/h3-4,7H,2,5-6,8,15H2,1H3. The Balaban J connectivity index is 2.84. The Morgan fingerprint density at radius 1 is 1.30 bits per heavy atom. The van der Waals surface area contributed by atoms with Gasteiger partial charge in [0, 0.05) is 13.6 Å². The third-order valence-electron chi connectivity index (χ3n) is 2.69. The van der Waals surface area contributed by atoms with Crippen LogP contribution in [-0.2, 0) is 14.6 Å². The molecule has 0 unspecified atom stereocenters. The predicted octanol–water partition coefficient (Wildman–Crippen LogP) is 1.57. The Kier molecular flexibility index (Phi) is 6.26. The Bertz CT molecular complexity index is 590. The van der Waals surface area contributed by atoms with E-state index in [-0.39, 0.29) is 14.9 Å². The third kappa shape index (κ3) is 4.63. The molecule has 0 spiro atoms. The zero-order valence-electron chi connectivity index (χ0n) is 11.0. The van der Waals surface area contributed by atoms with Crippen molar-refractivity contribution in [2.45, 2.75) is 11.3 Å². The predicted molar refractivity (Wildman–Crippen MR) is 79.8 cm³/mol. The number of sulfone groups is 1. The highest BCUT2D eigenvalue weighted by molar-refractivity contribution is 7.92. The largest absolute Gasteiger partial charge is 0.345 e. The van der Waals surface area contributed by atoms with E-state index < -0.39 is 21.5 Å². The maximum absolute atomic E-state index is 12.1. The maximum Gasteiger partial charge on any atom is 0.237 e. The first kappa shape index (κ1) is 17.2. The fraction of sp³-hybridized carbons (Fsp3) is 0.417. The lowest BCUT2D eigenvalue weighted by molar-refractivity contribution is -0.127. The van der Waals surface area contributed by atoms with Gasteiger partial charge in [-0.15, -0.1) is 0 Å². The zero-order chi connectivity index (χ0) is 15.3. The van der Waals surface area contributed by atoms with Crippen LogP contribution in [0.1, 0.15) is 6.42 Å². The van der Waals surface area contributed by atoms with Gasteiger partial charge in [-0.2, -0.15) is 0 Å². The molecule has 1 aromatic rings. The quantitative estimate of drug-likeness (QED) is 0.853. The van der Waals surface area contributed by atoms with Crippen LogP contribution in [0.2, 0.25) is 10.0 Å². The third-order valence-corrected chi connectivity index (χ3v) is 5.03. The molecule has 0 bridgehead atoms. The van der Waals surface area contributed by atoms with Crippen molar-refractivity contribution in [2.75, 3.05) is 25.9 Å².